The molecular weight excluding hydrogens is 236 g/mol. The zero-order valence-electron chi connectivity index (χ0n) is 10.4. The molecule has 2 rings (SSSR count). The molecule has 0 aromatic carbocycles. The van der Waals surface area contributed by atoms with E-state index >= 15 is 0 Å². The number of nitrogens with zero attached hydrogens (tertiary/aromatic N) is 2. The van der Waals surface area contributed by atoms with Gasteiger partial charge in [0.15, 0.2) is 0 Å². The molecule has 0 bridgehead atoms. The van der Waals surface area contributed by atoms with E-state index in [1.54, 1.807) is 7.11 Å². The van der Waals surface area contributed by atoms with Gasteiger partial charge in [0, 0.05) is 31.8 Å². The number of ether oxygens (including phenoxy) is 1. The van der Waals surface area contributed by atoms with Gasteiger partial charge in [0.05, 0.1) is 6.61 Å². The quantitative estimate of drug-likeness (QED) is 0.730. The highest BCUT2D eigenvalue weighted by atomic mass is 35.5. The topological polar surface area (TPSA) is 25.4 Å². The Morgan fingerprint density at radius 1 is 1.53 bits per heavy atom. The van der Waals surface area contributed by atoms with Gasteiger partial charge in [0.25, 0.3) is 0 Å². The zero-order valence-corrected chi connectivity index (χ0v) is 11.2. The number of hydrogen-bond acceptors (Lipinski definition) is 3. The van der Waals surface area contributed by atoms with E-state index in [1.165, 1.54) is 18.4 Å². The molecule has 0 unspecified atom stereocenters. The van der Waals surface area contributed by atoms with E-state index in [-0.39, 0.29) is 0 Å². The third-order valence-corrected chi connectivity index (χ3v) is 3.37. The SMILES string of the molecule is COCCN(c1ncc(CCl)cc1C)C1CC1. The van der Waals surface area contributed by atoms with Crippen molar-refractivity contribution in [2.75, 3.05) is 25.2 Å². The second-order valence-corrected chi connectivity index (χ2v) is 4.80. The molecule has 1 fully saturated rings. The first kappa shape index (κ1) is 12.7. The molecule has 94 valence electrons. The monoisotopic (exact) mass is 254 g/mol. The lowest BCUT2D eigenvalue weighted by molar-refractivity contribution is 0.204. The summed E-state index contributed by atoms with van der Waals surface area (Å²) < 4.78 is 5.17. The summed E-state index contributed by atoms with van der Waals surface area (Å²) in [6, 6.07) is 2.77. The van der Waals surface area contributed by atoms with E-state index in [4.69, 9.17) is 16.3 Å². The van der Waals surface area contributed by atoms with Gasteiger partial charge >= 0.3 is 0 Å². The smallest absolute Gasteiger partial charge is 0.131 e. The molecule has 3 nitrogen and oxygen atoms in total. The lowest BCUT2D eigenvalue weighted by Crippen LogP contribution is -2.30. The first-order valence-electron chi connectivity index (χ1n) is 6.03. The second-order valence-electron chi connectivity index (χ2n) is 4.54. The number of halogens is 1. The van der Waals surface area contributed by atoms with E-state index in [0.717, 1.165) is 24.5 Å². The molecule has 1 heterocycles. The summed E-state index contributed by atoms with van der Waals surface area (Å²) in [5, 5.41) is 0. The summed E-state index contributed by atoms with van der Waals surface area (Å²) in [6.45, 7) is 3.75. The first-order valence-corrected chi connectivity index (χ1v) is 6.56. The predicted octanol–water partition coefficient (Wildman–Crippen LogP) is 2.74. The minimum Gasteiger partial charge on any atom is -0.383 e. The van der Waals surface area contributed by atoms with Crippen LogP contribution in [0.5, 0.6) is 0 Å². The number of alkyl halides is 1. The Morgan fingerprint density at radius 3 is 2.82 bits per heavy atom. The van der Waals surface area contributed by atoms with Crippen molar-refractivity contribution in [3.8, 4) is 0 Å². The van der Waals surface area contributed by atoms with Crippen LogP contribution < -0.4 is 4.90 Å². The van der Waals surface area contributed by atoms with Gasteiger partial charge in [-0.15, -0.1) is 11.6 Å². The van der Waals surface area contributed by atoms with Crippen molar-refractivity contribution < 1.29 is 4.74 Å². The maximum Gasteiger partial charge on any atom is 0.131 e. The largest absolute Gasteiger partial charge is 0.383 e. The summed E-state index contributed by atoms with van der Waals surface area (Å²) in [4.78, 5) is 6.91. The molecule has 0 spiro atoms. The Kier molecular flexibility index (Phi) is 4.24. The van der Waals surface area contributed by atoms with E-state index in [1.807, 2.05) is 6.20 Å². The first-order chi connectivity index (χ1) is 8.26. The van der Waals surface area contributed by atoms with Crippen LogP contribution in [-0.2, 0) is 10.6 Å². The molecule has 1 aromatic heterocycles. The minimum atomic E-state index is 0.523. The normalized spacial score (nSPS) is 15.0. The average molecular weight is 255 g/mol. The van der Waals surface area contributed by atoms with Gasteiger partial charge in [0.2, 0.25) is 0 Å². The van der Waals surface area contributed by atoms with Crippen molar-refractivity contribution in [2.24, 2.45) is 0 Å². The van der Waals surface area contributed by atoms with Crippen LogP contribution in [-0.4, -0.2) is 31.3 Å². The molecule has 0 amide bonds. The van der Waals surface area contributed by atoms with Gasteiger partial charge in [-0.2, -0.15) is 0 Å². The van der Waals surface area contributed by atoms with Crippen LogP contribution in [0.4, 0.5) is 5.82 Å². The molecule has 0 saturated heterocycles. The second kappa shape index (κ2) is 5.69. The highest BCUT2D eigenvalue weighted by Crippen LogP contribution is 2.32. The van der Waals surface area contributed by atoms with Crippen molar-refractivity contribution in [1.82, 2.24) is 4.98 Å². The Bertz CT molecular complexity index is 380. The van der Waals surface area contributed by atoms with Crippen LogP contribution in [0.1, 0.15) is 24.0 Å². The number of rotatable bonds is 6. The molecule has 4 heteroatoms. The van der Waals surface area contributed by atoms with Gasteiger partial charge in [-0.1, -0.05) is 0 Å². The summed E-state index contributed by atoms with van der Waals surface area (Å²) in [7, 11) is 1.74. The van der Waals surface area contributed by atoms with E-state index in [9.17, 15) is 0 Å². The Labute approximate surface area is 108 Å². The summed E-state index contributed by atoms with van der Waals surface area (Å²) in [5.41, 5.74) is 2.28. The van der Waals surface area contributed by atoms with Gasteiger partial charge in [-0.3, -0.25) is 0 Å². The summed E-state index contributed by atoms with van der Waals surface area (Å²) in [6.07, 6.45) is 4.40. The molecule has 1 aromatic rings. The van der Waals surface area contributed by atoms with Crippen molar-refractivity contribution in [1.29, 1.82) is 0 Å². The molecule has 1 saturated carbocycles. The van der Waals surface area contributed by atoms with Crippen LogP contribution in [0.2, 0.25) is 0 Å². The van der Waals surface area contributed by atoms with Crippen LogP contribution in [0.15, 0.2) is 12.3 Å². The third kappa shape index (κ3) is 3.11. The Balaban J connectivity index is 2.16. The number of anilines is 1. The van der Waals surface area contributed by atoms with Gasteiger partial charge < -0.3 is 9.64 Å². The molecule has 1 aliphatic rings. The zero-order chi connectivity index (χ0) is 12.3. The molecule has 17 heavy (non-hydrogen) atoms. The van der Waals surface area contributed by atoms with Crippen molar-refractivity contribution in [2.45, 2.75) is 31.7 Å². The van der Waals surface area contributed by atoms with E-state index in [2.05, 4.69) is 22.9 Å². The molecule has 0 atom stereocenters. The third-order valence-electron chi connectivity index (χ3n) is 3.06. The number of aromatic nitrogens is 1. The van der Waals surface area contributed by atoms with Gasteiger partial charge in [-0.25, -0.2) is 4.98 Å². The van der Waals surface area contributed by atoms with E-state index in [0.29, 0.717) is 11.9 Å². The van der Waals surface area contributed by atoms with Gasteiger partial charge in [-0.05, 0) is 37.0 Å². The molecule has 0 radical (unpaired) electrons. The van der Waals surface area contributed by atoms with Gasteiger partial charge in [0.1, 0.15) is 5.82 Å². The lowest BCUT2D eigenvalue weighted by atomic mass is 10.2. The average Bonchev–Trinajstić information content (AvgIpc) is 3.15. The van der Waals surface area contributed by atoms with Crippen LogP contribution in [0.3, 0.4) is 0 Å². The fourth-order valence-electron chi connectivity index (χ4n) is 2.04. The Hall–Kier alpha value is -0.800. The highest BCUT2D eigenvalue weighted by Gasteiger charge is 2.30. The molecule has 0 aliphatic heterocycles. The fraction of sp³-hybridized carbons (Fsp3) is 0.615. The Morgan fingerprint density at radius 2 is 2.29 bits per heavy atom. The maximum absolute atomic E-state index is 5.82. The predicted molar refractivity (Wildman–Crippen MR) is 70.8 cm³/mol. The standard InChI is InChI=1S/C13H19ClN2O/c1-10-7-11(8-14)9-15-13(10)16(5-6-17-2)12-3-4-12/h7,9,12H,3-6,8H2,1-2H3. The van der Waals surface area contributed by atoms with Crippen LogP contribution in [0.25, 0.3) is 0 Å². The highest BCUT2D eigenvalue weighted by molar-refractivity contribution is 6.17. The summed E-state index contributed by atoms with van der Waals surface area (Å²) in [5.74, 6) is 1.61. The maximum atomic E-state index is 5.82. The van der Waals surface area contributed by atoms with Crippen molar-refractivity contribution >= 4 is 17.4 Å². The number of methoxy groups -OCH3 is 1. The molecule has 0 N–H and O–H groups in total. The number of hydrogen-bond donors (Lipinski definition) is 0. The van der Waals surface area contributed by atoms with Crippen LogP contribution >= 0.6 is 11.6 Å². The molecule has 1 aliphatic carbocycles. The van der Waals surface area contributed by atoms with E-state index < -0.39 is 0 Å². The summed E-state index contributed by atoms with van der Waals surface area (Å²) >= 11 is 5.82. The lowest BCUT2D eigenvalue weighted by Gasteiger charge is -2.25. The van der Waals surface area contributed by atoms with Crippen molar-refractivity contribution in [3.05, 3.63) is 23.4 Å². The van der Waals surface area contributed by atoms with Crippen molar-refractivity contribution in [3.63, 3.8) is 0 Å². The van der Waals surface area contributed by atoms with Crippen LogP contribution in [0, 0.1) is 6.92 Å². The minimum absolute atomic E-state index is 0.523. The number of pyridine rings is 1. The molecular formula is C13H19ClN2O. The number of aryl methyl sites for hydroxylation is 1. The fourth-order valence-corrected chi connectivity index (χ4v) is 2.18.